The van der Waals surface area contributed by atoms with E-state index >= 15 is 0 Å². The first-order chi connectivity index (χ1) is 8.23. The Bertz CT molecular complexity index is 259. The van der Waals surface area contributed by atoms with E-state index in [4.69, 9.17) is 0 Å². The van der Waals surface area contributed by atoms with Crippen molar-refractivity contribution < 1.29 is 18.0 Å². The van der Waals surface area contributed by atoms with Gasteiger partial charge in [-0.2, -0.15) is 13.2 Å². The van der Waals surface area contributed by atoms with E-state index in [0.717, 1.165) is 13.1 Å². The first-order valence-corrected chi connectivity index (χ1v) is 6.26. The minimum atomic E-state index is -4.34. The van der Waals surface area contributed by atoms with Gasteiger partial charge in [-0.1, -0.05) is 20.8 Å². The van der Waals surface area contributed by atoms with Crippen molar-refractivity contribution in [2.24, 2.45) is 5.41 Å². The molecule has 0 spiro atoms. The summed E-state index contributed by atoms with van der Waals surface area (Å²) in [4.78, 5) is 13.7. The number of nitrogens with one attached hydrogen (secondary N) is 1. The molecular formula is C12H23F3N2O. The Labute approximate surface area is 107 Å². The molecule has 0 atom stereocenters. The van der Waals surface area contributed by atoms with Crippen molar-refractivity contribution in [1.29, 1.82) is 0 Å². The van der Waals surface area contributed by atoms with Gasteiger partial charge in [-0.3, -0.25) is 4.79 Å². The van der Waals surface area contributed by atoms with Gasteiger partial charge in [-0.25, -0.2) is 0 Å². The van der Waals surface area contributed by atoms with Crippen molar-refractivity contribution in [3.63, 3.8) is 0 Å². The quantitative estimate of drug-likeness (QED) is 0.834. The summed E-state index contributed by atoms with van der Waals surface area (Å²) < 4.78 is 35.8. The first kappa shape index (κ1) is 17.2. The largest absolute Gasteiger partial charge is 0.405 e. The van der Waals surface area contributed by atoms with E-state index in [1.807, 2.05) is 26.2 Å². The van der Waals surface area contributed by atoms with Crippen LogP contribution in [0.5, 0.6) is 0 Å². The summed E-state index contributed by atoms with van der Waals surface area (Å²) in [6.07, 6.45) is -3.13. The van der Waals surface area contributed by atoms with Crippen LogP contribution in [0.1, 0.15) is 33.6 Å². The molecule has 1 aliphatic rings. The average molecular weight is 268 g/mol. The van der Waals surface area contributed by atoms with Gasteiger partial charge in [0.25, 0.3) is 0 Å². The molecule has 0 aliphatic carbocycles. The Morgan fingerprint density at radius 2 is 1.72 bits per heavy atom. The maximum Gasteiger partial charge on any atom is 0.405 e. The molecule has 1 aliphatic heterocycles. The highest BCUT2D eigenvalue weighted by atomic mass is 19.4. The van der Waals surface area contributed by atoms with Crippen molar-refractivity contribution in [2.45, 2.75) is 39.8 Å². The Morgan fingerprint density at radius 3 is 2.11 bits per heavy atom. The van der Waals surface area contributed by atoms with Gasteiger partial charge in [-0.05, 0) is 33.0 Å². The molecule has 18 heavy (non-hydrogen) atoms. The van der Waals surface area contributed by atoms with Crippen molar-refractivity contribution in [2.75, 3.05) is 26.7 Å². The van der Waals surface area contributed by atoms with Crippen LogP contribution in [-0.4, -0.2) is 43.7 Å². The lowest BCUT2D eigenvalue weighted by atomic mass is 9.79. The maximum absolute atomic E-state index is 11.9. The lowest BCUT2D eigenvalue weighted by Crippen LogP contribution is -2.48. The number of hydrogen-bond donors (Lipinski definition) is 1. The highest BCUT2D eigenvalue weighted by Crippen LogP contribution is 2.30. The van der Waals surface area contributed by atoms with E-state index in [2.05, 4.69) is 4.90 Å². The number of carbonyl (C=O) groups is 1. The zero-order valence-electron chi connectivity index (χ0n) is 11.5. The van der Waals surface area contributed by atoms with E-state index in [-0.39, 0.29) is 0 Å². The van der Waals surface area contributed by atoms with Crippen molar-refractivity contribution >= 4 is 5.91 Å². The van der Waals surface area contributed by atoms with Gasteiger partial charge >= 0.3 is 6.18 Å². The predicted octanol–water partition coefficient (Wildman–Crippen LogP) is 2.42. The van der Waals surface area contributed by atoms with Gasteiger partial charge < -0.3 is 10.2 Å². The van der Waals surface area contributed by atoms with Gasteiger partial charge in [0.05, 0.1) is 0 Å². The molecule has 108 valence electrons. The third kappa shape index (κ3) is 5.71. The van der Waals surface area contributed by atoms with Crippen LogP contribution in [0.3, 0.4) is 0 Å². The number of hydrogen-bond acceptors (Lipinski definition) is 2. The summed E-state index contributed by atoms with van der Waals surface area (Å²) >= 11 is 0. The third-order valence-corrected chi connectivity index (χ3v) is 3.09. The molecule has 1 N–H and O–H groups in total. The number of nitrogens with zero attached hydrogens (tertiary/aromatic N) is 1. The van der Waals surface area contributed by atoms with Gasteiger partial charge in [0, 0.05) is 5.41 Å². The minimum Gasteiger partial charge on any atom is -0.347 e. The summed E-state index contributed by atoms with van der Waals surface area (Å²) in [6.45, 7) is 5.98. The number of halogens is 3. The van der Waals surface area contributed by atoms with Gasteiger partial charge in [0.2, 0.25) is 5.91 Å². The van der Waals surface area contributed by atoms with Crippen molar-refractivity contribution in [3.05, 3.63) is 0 Å². The monoisotopic (exact) mass is 268 g/mol. The fraction of sp³-hybridized carbons (Fsp3) is 0.917. The third-order valence-electron chi connectivity index (χ3n) is 3.09. The van der Waals surface area contributed by atoms with Crippen LogP contribution in [-0.2, 0) is 4.79 Å². The molecule has 1 heterocycles. The summed E-state index contributed by atoms with van der Waals surface area (Å²) in [6, 6.07) is 0. The average Bonchev–Trinajstić information content (AvgIpc) is 2.32. The van der Waals surface area contributed by atoms with Crippen LogP contribution in [0.4, 0.5) is 13.2 Å². The highest BCUT2D eigenvalue weighted by Gasteiger charge is 2.38. The van der Waals surface area contributed by atoms with Gasteiger partial charge in [0.15, 0.2) is 0 Å². The van der Waals surface area contributed by atoms with Crippen molar-refractivity contribution in [1.82, 2.24) is 10.2 Å². The van der Waals surface area contributed by atoms with Crippen LogP contribution in [0.15, 0.2) is 0 Å². The Kier molecular flexibility index (Phi) is 6.67. The number of amides is 1. The normalized spacial score (nSPS) is 19.7. The molecule has 0 bridgehead atoms. The fourth-order valence-corrected chi connectivity index (χ4v) is 1.73. The standard InChI is InChI=1S/C10H17F3N2O.C2H6/c1-9(3-5-15(2)6-4-9)8(16)14-7-10(11,12)13;1-2/h3-7H2,1-2H3,(H,14,16);1-2H3. The van der Waals surface area contributed by atoms with Crippen LogP contribution >= 0.6 is 0 Å². The molecule has 0 aromatic heterocycles. The number of piperidine rings is 1. The molecule has 0 unspecified atom stereocenters. The van der Waals surface area contributed by atoms with Crippen LogP contribution in [0.25, 0.3) is 0 Å². The topological polar surface area (TPSA) is 32.3 Å². The maximum atomic E-state index is 11.9. The second kappa shape index (κ2) is 6.97. The molecule has 1 saturated heterocycles. The molecule has 0 radical (unpaired) electrons. The molecule has 0 aromatic carbocycles. The summed E-state index contributed by atoms with van der Waals surface area (Å²) in [5.74, 6) is -0.488. The molecule has 3 nitrogen and oxygen atoms in total. The van der Waals surface area contributed by atoms with Crippen LogP contribution in [0, 0.1) is 5.41 Å². The lowest BCUT2D eigenvalue weighted by molar-refractivity contribution is -0.145. The van der Waals surface area contributed by atoms with E-state index in [1.54, 1.807) is 6.92 Å². The van der Waals surface area contributed by atoms with E-state index in [0.29, 0.717) is 12.8 Å². The van der Waals surface area contributed by atoms with Gasteiger partial charge in [-0.15, -0.1) is 0 Å². The second-order valence-corrected chi connectivity index (χ2v) is 4.66. The fourth-order valence-electron chi connectivity index (χ4n) is 1.73. The van der Waals surface area contributed by atoms with Crippen LogP contribution < -0.4 is 5.32 Å². The SMILES string of the molecule is CC.CN1CCC(C)(C(=O)NCC(F)(F)F)CC1. The molecule has 1 amide bonds. The Balaban J connectivity index is 0.00000137. The van der Waals surface area contributed by atoms with Crippen LogP contribution in [0.2, 0.25) is 0 Å². The lowest BCUT2D eigenvalue weighted by Gasteiger charge is -2.36. The highest BCUT2D eigenvalue weighted by molar-refractivity contribution is 5.82. The first-order valence-electron chi connectivity index (χ1n) is 6.26. The predicted molar refractivity (Wildman–Crippen MR) is 65.3 cm³/mol. The molecule has 0 aromatic rings. The molecular weight excluding hydrogens is 245 g/mol. The smallest absolute Gasteiger partial charge is 0.347 e. The van der Waals surface area contributed by atoms with Gasteiger partial charge in [0.1, 0.15) is 6.54 Å². The number of likely N-dealkylation sites (tertiary alicyclic amines) is 1. The summed E-state index contributed by atoms with van der Waals surface area (Å²) in [5, 5.41) is 1.97. The molecule has 1 fully saturated rings. The number of rotatable bonds is 2. The molecule has 1 rings (SSSR count). The molecule has 6 heteroatoms. The number of carbonyl (C=O) groups excluding carboxylic acids is 1. The van der Waals surface area contributed by atoms with E-state index in [9.17, 15) is 18.0 Å². The van der Waals surface area contributed by atoms with Crippen molar-refractivity contribution in [3.8, 4) is 0 Å². The summed E-state index contributed by atoms with van der Waals surface area (Å²) in [7, 11) is 1.94. The van der Waals surface area contributed by atoms with E-state index in [1.165, 1.54) is 0 Å². The van der Waals surface area contributed by atoms with E-state index < -0.39 is 24.0 Å². The zero-order valence-corrected chi connectivity index (χ0v) is 11.5. The Hall–Kier alpha value is -0.780. The minimum absolute atomic E-state index is 0.488. The number of alkyl halides is 3. The Morgan fingerprint density at radius 1 is 1.28 bits per heavy atom. The zero-order chi connectivity index (χ0) is 14.4. The molecule has 0 saturated carbocycles. The second-order valence-electron chi connectivity index (χ2n) is 4.66. The summed E-state index contributed by atoms with van der Waals surface area (Å²) in [5.41, 5.74) is -0.655.